The van der Waals surface area contributed by atoms with Crippen LogP contribution in [0.2, 0.25) is 5.02 Å². The fourth-order valence-corrected chi connectivity index (χ4v) is 2.39. The SMILES string of the molecule is CNC(=O)NS(=O)(=O)c1cc(Cl)cc(N)c1F. The molecule has 4 N–H and O–H groups in total. The molecule has 0 unspecified atom stereocenters. The molecular formula is C8H9ClFN3O3S. The minimum atomic E-state index is -4.35. The summed E-state index contributed by atoms with van der Waals surface area (Å²) < 4.78 is 38.3. The summed E-state index contributed by atoms with van der Waals surface area (Å²) in [6.45, 7) is 0. The van der Waals surface area contributed by atoms with Gasteiger partial charge in [0.2, 0.25) is 0 Å². The molecule has 2 amide bonds. The van der Waals surface area contributed by atoms with E-state index < -0.39 is 32.5 Å². The number of nitrogens with two attached hydrogens (primary N) is 1. The van der Waals surface area contributed by atoms with Crippen molar-refractivity contribution >= 4 is 33.3 Å². The molecule has 1 aromatic rings. The zero-order valence-corrected chi connectivity index (χ0v) is 10.2. The maximum Gasteiger partial charge on any atom is 0.328 e. The Hall–Kier alpha value is -1.54. The molecule has 0 radical (unpaired) electrons. The van der Waals surface area contributed by atoms with Crippen molar-refractivity contribution in [3.8, 4) is 0 Å². The van der Waals surface area contributed by atoms with Gasteiger partial charge in [0.1, 0.15) is 4.90 Å². The number of nitrogens with one attached hydrogen (secondary N) is 2. The normalized spacial score (nSPS) is 11.0. The molecule has 94 valence electrons. The largest absolute Gasteiger partial charge is 0.396 e. The number of carbonyl (C=O) groups excluding carboxylic acids is 1. The number of benzene rings is 1. The van der Waals surface area contributed by atoms with Gasteiger partial charge in [0.15, 0.2) is 5.82 Å². The van der Waals surface area contributed by atoms with Crippen molar-refractivity contribution in [2.75, 3.05) is 12.8 Å². The second-order valence-corrected chi connectivity index (χ2v) is 5.08. The van der Waals surface area contributed by atoms with Gasteiger partial charge in [-0.2, -0.15) is 0 Å². The Morgan fingerprint density at radius 1 is 1.47 bits per heavy atom. The van der Waals surface area contributed by atoms with E-state index in [1.54, 1.807) is 4.72 Å². The lowest BCUT2D eigenvalue weighted by atomic mass is 10.3. The van der Waals surface area contributed by atoms with E-state index in [-0.39, 0.29) is 5.02 Å². The third kappa shape index (κ3) is 2.98. The van der Waals surface area contributed by atoms with Crippen molar-refractivity contribution < 1.29 is 17.6 Å². The Labute approximate surface area is 102 Å². The van der Waals surface area contributed by atoms with Crippen LogP contribution < -0.4 is 15.8 Å². The van der Waals surface area contributed by atoms with Crippen LogP contribution in [0.25, 0.3) is 0 Å². The Morgan fingerprint density at radius 2 is 2.06 bits per heavy atom. The first-order valence-corrected chi connectivity index (χ1v) is 6.13. The van der Waals surface area contributed by atoms with Crippen molar-refractivity contribution in [2.45, 2.75) is 4.90 Å². The standard InChI is InChI=1S/C8H9ClFN3O3S/c1-12-8(14)13-17(15,16)6-3-4(9)2-5(11)7(6)10/h2-3H,11H2,1H3,(H2,12,13,14). The fraction of sp³-hybridized carbons (Fsp3) is 0.125. The highest BCUT2D eigenvalue weighted by atomic mass is 35.5. The molecule has 0 atom stereocenters. The number of carbonyl (C=O) groups is 1. The molecular weight excluding hydrogens is 273 g/mol. The Balaban J connectivity index is 3.29. The molecule has 9 heteroatoms. The van der Waals surface area contributed by atoms with E-state index in [0.29, 0.717) is 0 Å². The van der Waals surface area contributed by atoms with Crippen molar-refractivity contribution in [3.63, 3.8) is 0 Å². The monoisotopic (exact) mass is 281 g/mol. The first kappa shape index (κ1) is 13.5. The maximum atomic E-state index is 13.5. The van der Waals surface area contributed by atoms with Crippen molar-refractivity contribution in [1.29, 1.82) is 0 Å². The lowest BCUT2D eigenvalue weighted by Gasteiger charge is -2.09. The van der Waals surface area contributed by atoms with Crippen LogP contribution in [0.5, 0.6) is 0 Å². The van der Waals surface area contributed by atoms with E-state index in [4.69, 9.17) is 17.3 Å². The Morgan fingerprint density at radius 3 is 2.59 bits per heavy atom. The summed E-state index contributed by atoms with van der Waals surface area (Å²) in [6.07, 6.45) is 0. The summed E-state index contributed by atoms with van der Waals surface area (Å²) >= 11 is 5.56. The molecule has 0 aliphatic rings. The fourth-order valence-electron chi connectivity index (χ4n) is 1.01. The summed E-state index contributed by atoms with van der Waals surface area (Å²) in [5, 5.41) is 1.97. The van der Waals surface area contributed by atoms with Gasteiger partial charge >= 0.3 is 6.03 Å². The lowest BCUT2D eigenvalue weighted by Crippen LogP contribution is -2.37. The number of anilines is 1. The van der Waals surface area contributed by atoms with E-state index >= 15 is 0 Å². The first-order chi connectivity index (χ1) is 7.77. The number of nitrogen functional groups attached to an aromatic ring is 1. The van der Waals surface area contributed by atoms with Crippen LogP contribution in [0.1, 0.15) is 0 Å². The summed E-state index contributed by atoms with van der Waals surface area (Å²) in [7, 11) is -3.13. The number of urea groups is 1. The molecule has 0 spiro atoms. The van der Waals surface area contributed by atoms with Gasteiger partial charge in [-0.05, 0) is 12.1 Å². The van der Waals surface area contributed by atoms with Crippen LogP contribution in [0.3, 0.4) is 0 Å². The average molecular weight is 282 g/mol. The van der Waals surface area contributed by atoms with Gasteiger partial charge in [0.05, 0.1) is 5.69 Å². The van der Waals surface area contributed by atoms with Crippen LogP contribution in [0.15, 0.2) is 17.0 Å². The molecule has 1 aromatic carbocycles. The number of hydrogen-bond acceptors (Lipinski definition) is 4. The van der Waals surface area contributed by atoms with E-state index in [1.807, 2.05) is 5.32 Å². The van der Waals surface area contributed by atoms with E-state index in [2.05, 4.69) is 0 Å². The van der Waals surface area contributed by atoms with Gasteiger partial charge in [-0.1, -0.05) is 11.6 Å². The van der Waals surface area contributed by atoms with Gasteiger partial charge in [0, 0.05) is 12.1 Å². The molecule has 0 heterocycles. The molecule has 0 saturated heterocycles. The average Bonchev–Trinajstić information content (AvgIpc) is 2.22. The smallest absolute Gasteiger partial charge is 0.328 e. The molecule has 0 bridgehead atoms. The number of hydrogen-bond donors (Lipinski definition) is 3. The van der Waals surface area contributed by atoms with E-state index in [9.17, 15) is 17.6 Å². The molecule has 6 nitrogen and oxygen atoms in total. The molecule has 1 rings (SSSR count). The van der Waals surface area contributed by atoms with Crippen LogP contribution >= 0.6 is 11.6 Å². The first-order valence-electron chi connectivity index (χ1n) is 4.27. The number of amides is 2. The molecule has 0 aliphatic heterocycles. The topological polar surface area (TPSA) is 101 Å². The molecule has 17 heavy (non-hydrogen) atoms. The third-order valence-electron chi connectivity index (χ3n) is 1.78. The van der Waals surface area contributed by atoms with Crippen molar-refractivity contribution in [2.24, 2.45) is 0 Å². The summed E-state index contributed by atoms with van der Waals surface area (Å²) in [5.74, 6) is -1.16. The van der Waals surface area contributed by atoms with Crippen LogP contribution in [0.4, 0.5) is 14.9 Å². The zero-order chi connectivity index (χ0) is 13.2. The van der Waals surface area contributed by atoms with E-state index in [1.165, 1.54) is 7.05 Å². The second kappa shape index (κ2) is 4.76. The van der Waals surface area contributed by atoms with Gasteiger partial charge in [-0.25, -0.2) is 22.3 Å². The Kier molecular flexibility index (Phi) is 3.79. The van der Waals surface area contributed by atoms with Crippen molar-refractivity contribution in [1.82, 2.24) is 10.0 Å². The summed E-state index contributed by atoms with van der Waals surface area (Å²) in [6, 6.07) is 0.928. The molecule has 0 fully saturated rings. The number of rotatable bonds is 2. The maximum absolute atomic E-state index is 13.5. The molecule has 0 aromatic heterocycles. The third-order valence-corrected chi connectivity index (χ3v) is 3.32. The van der Waals surface area contributed by atoms with Gasteiger partial charge in [-0.3, -0.25) is 0 Å². The predicted molar refractivity (Wildman–Crippen MR) is 60.6 cm³/mol. The summed E-state index contributed by atoms with van der Waals surface area (Å²) in [5.41, 5.74) is 4.81. The molecule has 0 aliphatic carbocycles. The minimum Gasteiger partial charge on any atom is -0.396 e. The summed E-state index contributed by atoms with van der Waals surface area (Å²) in [4.78, 5) is 10.1. The highest BCUT2D eigenvalue weighted by Gasteiger charge is 2.23. The van der Waals surface area contributed by atoms with Gasteiger partial charge in [0.25, 0.3) is 10.0 Å². The highest BCUT2D eigenvalue weighted by molar-refractivity contribution is 7.90. The van der Waals surface area contributed by atoms with Gasteiger partial charge in [-0.15, -0.1) is 0 Å². The van der Waals surface area contributed by atoms with Crippen LogP contribution in [-0.4, -0.2) is 21.5 Å². The minimum absolute atomic E-state index is 0.0545. The highest BCUT2D eigenvalue weighted by Crippen LogP contribution is 2.24. The second-order valence-electron chi connectivity index (χ2n) is 2.99. The van der Waals surface area contributed by atoms with Crippen LogP contribution in [-0.2, 0) is 10.0 Å². The lowest BCUT2D eigenvalue weighted by molar-refractivity contribution is 0.247. The molecule has 0 saturated carbocycles. The van der Waals surface area contributed by atoms with Crippen molar-refractivity contribution in [3.05, 3.63) is 23.0 Å². The Bertz CT molecular complexity index is 561. The van der Waals surface area contributed by atoms with E-state index in [0.717, 1.165) is 12.1 Å². The zero-order valence-electron chi connectivity index (χ0n) is 8.62. The van der Waals surface area contributed by atoms with Gasteiger partial charge < -0.3 is 11.1 Å². The van der Waals surface area contributed by atoms with Crippen LogP contribution in [0, 0.1) is 5.82 Å². The quantitative estimate of drug-likeness (QED) is 0.694. The number of sulfonamides is 1. The predicted octanol–water partition coefficient (Wildman–Crippen LogP) is 0.679. The number of halogens is 2.